The van der Waals surface area contributed by atoms with Crippen LogP contribution in [0.5, 0.6) is 0 Å². The second-order valence-corrected chi connectivity index (χ2v) is 4.78. The zero-order valence-corrected chi connectivity index (χ0v) is 10.3. The molecule has 0 aliphatic carbocycles. The van der Waals surface area contributed by atoms with Crippen LogP contribution in [-0.4, -0.2) is 13.6 Å². The van der Waals surface area contributed by atoms with E-state index in [1.54, 1.807) is 11.3 Å². The Labute approximate surface area is 101 Å². The summed E-state index contributed by atoms with van der Waals surface area (Å²) < 4.78 is 0. The molecule has 1 nitrogen and oxygen atoms in total. The minimum Gasteiger partial charge on any atom is -0.319 e. The molecule has 0 bridgehead atoms. The van der Waals surface area contributed by atoms with Gasteiger partial charge in [-0.15, -0.1) is 0 Å². The largest absolute Gasteiger partial charge is 0.319 e. The lowest BCUT2D eigenvalue weighted by Gasteiger charge is -2.16. The Morgan fingerprint density at radius 2 is 2.00 bits per heavy atom. The van der Waals surface area contributed by atoms with Crippen molar-refractivity contribution in [3.05, 3.63) is 58.3 Å². The van der Waals surface area contributed by atoms with Crippen LogP contribution in [0, 0.1) is 0 Å². The van der Waals surface area contributed by atoms with Gasteiger partial charge in [-0.3, -0.25) is 0 Å². The second kappa shape index (κ2) is 5.83. The summed E-state index contributed by atoms with van der Waals surface area (Å²) in [5.74, 6) is 0.570. The lowest BCUT2D eigenvalue weighted by molar-refractivity contribution is 0.626. The van der Waals surface area contributed by atoms with Crippen molar-refractivity contribution in [3.8, 4) is 0 Å². The number of benzene rings is 1. The third-order valence-electron chi connectivity index (χ3n) is 2.78. The molecule has 0 amide bonds. The van der Waals surface area contributed by atoms with E-state index < -0.39 is 0 Å². The summed E-state index contributed by atoms with van der Waals surface area (Å²) in [5, 5.41) is 7.67. The first-order valence-electron chi connectivity index (χ1n) is 5.61. The van der Waals surface area contributed by atoms with Crippen molar-refractivity contribution in [3.63, 3.8) is 0 Å². The average Bonchev–Trinajstić information content (AvgIpc) is 2.83. The van der Waals surface area contributed by atoms with E-state index in [4.69, 9.17) is 0 Å². The molecule has 2 heteroatoms. The summed E-state index contributed by atoms with van der Waals surface area (Å²) >= 11 is 1.77. The summed E-state index contributed by atoms with van der Waals surface area (Å²) in [6.45, 7) is 1.03. The fraction of sp³-hybridized carbons (Fsp3) is 0.286. The van der Waals surface area contributed by atoms with E-state index in [9.17, 15) is 0 Å². The predicted molar refractivity (Wildman–Crippen MR) is 71.1 cm³/mol. The van der Waals surface area contributed by atoms with E-state index in [0.29, 0.717) is 5.92 Å². The summed E-state index contributed by atoms with van der Waals surface area (Å²) in [5.41, 5.74) is 2.86. The van der Waals surface area contributed by atoms with Gasteiger partial charge in [-0.1, -0.05) is 30.3 Å². The number of thiophene rings is 1. The van der Waals surface area contributed by atoms with E-state index in [-0.39, 0.29) is 0 Å². The fourth-order valence-corrected chi connectivity index (χ4v) is 2.65. The lowest BCUT2D eigenvalue weighted by atomic mass is 9.93. The molecule has 1 atom stereocenters. The van der Waals surface area contributed by atoms with Crippen LogP contribution in [0.25, 0.3) is 0 Å². The molecule has 2 aromatic rings. The highest BCUT2D eigenvalue weighted by molar-refractivity contribution is 7.07. The first-order chi connectivity index (χ1) is 7.90. The molecule has 0 radical (unpaired) electrons. The van der Waals surface area contributed by atoms with E-state index in [0.717, 1.165) is 13.0 Å². The quantitative estimate of drug-likeness (QED) is 0.832. The molecule has 0 saturated heterocycles. The number of likely N-dealkylation sites (N-methyl/N-ethyl adjacent to an activating group) is 1. The number of rotatable bonds is 5. The van der Waals surface area contributed by atoms with Gasteiger partial charge >= 0.3 is 0 Å². The molecule has 0 aliphatic heterocycles. The minimum atomic E-state index is 0.570. The van der Waals surface area contributed by atoms with Crippen LogP contribution < -0.4 is 5.32 Å². The number of hydrogen-bond donors (Lipinski definition) is 1. The Morgan fingerprint density at radius 3 is 2.62 bits per heavy atom. The monoisotopic (exact) mass is 231 g/mol. The van der Waals surface area contributed by atoms with Crippen molar-refractivity contribution in [2.45, 2.75) is 12.3 Å². The van der Waals surface area contributed by atoms with Crippen molar-refractivity contribution in [1.82, 2.24) is 5.32 Å². The second-order valence-electron chi connectivity index (χ2n) is 4.00. The van der Waals surface area contributed by atoms with Crippen LogP contribution in [0.2, 0.25) is 0 Å². The van der Waals surface area contributed by atoms with Crippen LogP contribution in [0.15, 0.2) is 47.2 Å². The van der Waals surface area contributed by atoms with Crippen molar-refractivity contribution in [2.75, 3.05) is 13.6 Å². The van der Waals surface area contributed by atoms with Gasteiger partial charge in [0.25, 0.3) is 0 Å². The molecule has 1 aromatic carbocycles. The number of nitrogens with one attached hydrogen (secondary N) is 1. The zero-order chi connectivity index (χ0) is 11.2. The highest BCUT2D eigenvalue weighted by atomic mass is 32.1. The van der Waals surface area contributed by atoms with Crippen molar-refractivity contribution < 1.29 is 0 Å². The van der Waals surface area contributed by atoms with Gasteiger partial charge in [0.05, 0.1) is 0 Å². The van der Waals surface area contributed by atoms with Crippen LogP contribution in [-0.2, 0) is 6.42 Å². The lowest BCUT2D eigenvalue weighted by Crippen LogP contribution is -2.18. The molecule has 0 saturated carbocycles. The zero-order valence-electron chi connectivity index (χ0n) is 9.52. The summed E-state index contributed by atoms with van der Waals surface area (Å²) in [7, 11) is 2.02. The van der Waals surface area contributed by atoms with Gasteiger partial charge in [-0.05, 0) is 41.4 Å². The van der Waals surface area contributed by atoms with E-state index in [1.165, 1.54) is 11.1 Å². The van der Waals surface area contributed by atoms with Crippen LogP contribution >= 0.6 is 11.3 Å². The van der Waals surface area contributed by atoms with Gasteiger partial charge in [0, 0.05) is 12.5 Å². The summed E-state index contributed by atoms with van der Waals surface area (Å²) in [4.78, 5) is 0. The molecule has 1 heterocycles. The van der Waals surface area contributed by atoms with Crippen LogP contribution in [0.1, 0.15) is 17.0 Å². The molecule has 1 aromatic heterocycles. The maximum Gasteiger partial charge on any atom is 0.00203 e. The molecule has 1 N–H and O–H groups in total. The molecule has 1 unspecified atom stereocenters. The molecule has 0 aliphatic rings. The van der Waals surface area contributed by atoms with Crippen molar-refractivity contribution in [2.24, 2.45) is 0 Å². The normalized spacial score (nSPS) is 12.6. The van der Waals surface area contributed by atoms with Gasteiger partial charge in [0.15, 0.2) is 0 Å². The number of hydrogen-bond acceptors (Lipinski definition) is 2. The Bertz CT molecular complexity index is 394. The summed E-state index contributed by atoms with van der Waals surface area (Å²) in [6.07, 6.45) is 1.12. The third-order valence-corrected chi connectivity index (χ3v) is 3.52. The smallest absolute Gasteiger partial charge is 0.00203 e. The topological polar surface area (TPSA) is 12.0 Å². The maximum atomic E-state index is 3.28. The van der Waals surface area contributed by atoms with Crippen LogP contribution in [0.3, 0.4) is 0 Å². The molecule has 2 rings (SSSR count). The van der Waals surface area contributed by atoms with E-state index >= 15 is 0 Å². The first-order valence-corrected chi connectivity index (χ1v) is 6.55. The highest BCUT2D eigenvalue weighted by Crippen LogP contribution is 2.21. The summed E-state index contributed by atoms with van der Waals surface area (Å²) in [6, 6.07) is 13.0. The minimum absolute atomic E-state index is 0.570. The Balaban J connectivity index is 2.11. The molecule has 84 valence electrons. The molecule has 16 heavy (non-hydrogen) atoms. The molecule has 0 spiro atoms. The van der Waals surface area contributed by atoms with E-state index in [2.05, 4.69) is 52.5 Å². The van der Waals surface area contributed by atoms with Crippen molar-refractivity contribution >= 4 is 11.3 Å². The van der Waals surface area contributed by atoms with Gasteiger partial charge in [-0.2, -0.15) is 11.3 Å². The molecular formula is C14H17NS. The predicted octanol–water partition coefficient (Wildman–Crippen LogP) is 3.29. The van der Waals surface area contributed by atoms with Gasteiger partial charge in [0.2, 0.25) is 0 Å². The van der Waals surface area contributed by atoms with E-state index in [1.807, 2.05) is 7.05 Å². The molecule has 0 fully saturated rings. The van der Waals surface area contributed by atoms with Crippen LogP contribution in [0.4, 0.5) is 0 Å². The average molecular weight is 231 g/mol. The SMILES string of the molecule is CNCC(Cc1ccsc1)c1ccccc1. The highest BCUT2D eigenvalue weighted by Gasteiger charge is 2.11. The Hall–Kier alpha value is -1.12. The van der Waals surface area contributed by atoms with Crippen molar-refractivity contribution in [1.29, 1.82) is 0 Å². The Morgan fingerprint density at radius 1 is 1.19 bits per heavy atom. The standard InChI is InChI=1S/C14H17NS/c1-15-10-14(9-12-7-8-16-11-12)13-5-3-2-4-6-13/h2-8,11,14-15H,9-10H2,1H3. The third kappa shape index (κ3) is 2.94. The van der Waals surface area contributed by atoms with Gasteiger partial charge in [-0.25, -0.2) is 0 Å². The molecular weight excluding hydrogens is 214 g/mol. The van der Waals surface area contributed by atoms with Gasteiger partial charge in [0.1, 0.15) is 0 Å². The fourth-order valence-electron chi connectivity index (χ4n) is 1.97. The Kier molecular flexibility index (Phi) is 4.14. The van der Waals surface area contributed by atoms with Gasteiger partial charge < -0.3 is 5.32 Å². The maximum absolute atomic E-state index is 3.28. The first kappa shape index (κ1) is 11.4.